The number of alkyl halides is 2. The summed E-state index contributed by atoms with van der Waals surface area (Å²) in [4.78, 5) is 14.8. The van der Waals surface area contributed by atoms with Crippen LogP contribution in [-0.2, 0) is 26.0 Å². The minimum absolute atomic E-state index is 0.106. The van der Waals surface area contributed by atoms with E-state index in [0.717, 1.165) is 11.3 Å². The van der Waals surface area contributed by atoms with Crippen LogP contribution in [0.3, 0.4) is 0 Å². The van der Waals surface area contributed by atoms with E-state index >= 15 is 0 Å². The SMILES string of the molecule is CC1(C(=O)N2CCc3cc(S(=O)(=O)N4CCOCC4)ccc32)CC1(Cl)Cl. The molecule has 9 heteroatoms. The predicted octanol–water partition coefficient (Wildman–Crippen LogP) is 2.18. The summed E-state index contributed by atoms with van der Waals surface area (Å²) in [5, 5.41) is 0. The van der Waals surface area contributed by atoms with Gasteiger partial charge in [0.05, 0.1) is 23.5 Å². The van der Waals surface area contributed by atoms with Gasteiger partial charge in [0.1, 0.15) is 4.33 Å². The van der Waals surface area contributed by atoms with E-state index in [1.165, 1.54) is 4.31 Å². The lowest BCUT2D eigenvalue weighted by Gasteiger charge is -2.26. The van der Waals surface area contributed by atoms with Gasteiger partial charge in [-0.15, -0.1) is 23.2 Å². The summed E-state index contributed by atoms with van der Waals surface area (Å²) in [5.41, 5.74) is 0.816. The van der Waals surface area contributed by atoms with Crippen molar-refractivity contribution in [3.8, 4) is 0 Å². The maximum atomic E-state index is 12.9. The zero-order chi connectivity index (χ0) is 18.7. The first-order valence-corrected chi connectivity index (χ1v) is 10.8. The molecule has 2 heterocycles. The average Bonchev–Trinajstić information content (AvgIpc) is 2.95. The first-order chi connectivity index (χ1) is 12.2. The van der Waals surface area contributed by atoms with E-state index in [9.17, 15) is 13.2 Å². The fourth-order valence-corrected chi connectivity index (χ4v) is 5.77. The van der Waals surface area contributed by atoms with E-state index in [4.69, 9.17) is 27.9 Å². The van der Waals surface area contributed by atoms with Gasteiger partial charge in [-0.3, -0.25) is 4.79 Å². The van der Waals surface area contributed by atoms with Crippen LogP contribution in [0.15, 0.2) is 23.1 Å². The molecule has 1 atom stereocenters. The number of carbonyl (C=O) groups excluding carboxylic acids is 1. The summed E-state index contributed by atoms with van der Waals surface area (Å²) < 4.78 is 31.3. The lowest BCUT2D eigenvalue weighted by atomic mass is 10.1. The van der Waals surface area contributed by atoms with Gasteiger partial charge in [0, 0.05) is 25.3 Å². The molecular formula is C17H20Cl2N2O4S. The molecule has 3 aliphatic rings. The lowest BCUT2D eigenvalue weighted by molar-refractivity contribution is -0.123. The van der Waals surface area contributed by atoms with Crippen molar-refractivity contribution in [3.05, 3.63) is 23.8 Å². The molecule has 0 radical (unpaired) electrons. The molecule has 1 unspecified atom stereocenters. The summed E-state index contributed by atoms with van der Waals surface area (Å²) >= 11 is 12.3. The Hall–Kier alpha value is -0.860. The Morgan fingerprint density at radius 3 is 2.46 bits per heavy atom. The third kappa shape index (κ3) is 2.76. The van der Waals surface area contributed by atoms with E-state index in [0.29, 0.717) is 45.7 Å². The maximum absolute atomic E-state index is 12.9. The number of ether oxygens (including phenoxy) is 1. The van der Waals surface area contributed by atoms with Crippen molar-refractivity contribution in [2.24, 2.45) is 5.41 Å². The molecule has 1 amide bonds. The van der Waals surface area contributed by atoms with Gasteiger partial charge in [0.15, 0.2) is 0 Å². The number of rotatable bonds is 3. The summed E-state index contributed by atoms with van der Waals surface area (Å²) in [6, 6.07) is 4.96. The van der Waals surface area contributed by atoms with Crippen LogP contribution in [-0.4, -0.2) is 55.8 Å². The average molecular weight is 419 g/mol. The van der Waals surface area contributed by atoms with E-state index in [1.807, 2.05) is 0 Å². The number of fused-ring (bicyclic) bond motifs is 1. The number of benzene rings is 1. The van der Waals surface area contributed by atoms with Gasteiger partial charge in [-0.1, -0.05) is 0 Å². The van der Waals surface area contributed by atoms with E-state index in [-0.39, 0.29) is 10.8 Å². The Bertz CT molecular complexity index is 868. The van der Waals surface area contributed by atoms with Gasteiger partial charge in [-0.2, -0.15) is 4.31 Å². The van der Waals surface area contributed by atoms with Gasteiger partial charge < -0.3 is 9.64 Å². The molecule has 4 rings (SSSR count). The van der Waals surface area contributed by atoms with Crippen LogP contribution in [0.2, 0.25) is 0 Å². The Balaban J connectivity index is 1.60. The first-order valence-electron chi connectivity index (χ1n) is 8.57. The Kier molecular flexibility index (Phi) is 4.32. The monoisotopic (exact) mass is 418 g/mol. The van der Waals surface area contributed by atoms with Crippen molar-refractivity contribution < 1.29 is 17.9 Å². The van der Waals surface area contributed by atoms with Crippen molar-refractivity contribution in [1.82, 2.24) is 4.31 Å². The molecule has 0 bridgehead atoms. The van der Waals surface area contributed by atoms with Crippen LogP contribution >= 0.6 is 23.2 Å². The molecule has 1 saturated carbocycles. The number of hydrogen-bond donors (Lipinski definition) is 0. The van der Waals surface area contributed by atoms with Crippen LogP contribution in [0, 0.1) is 5.41 Å². The predicted molar refractivity (Wildman–Crippen MR) is 99.2 cm³/mol. The van der Waals surface area contributed by atoms with Crippen molar-refractivity contribution in [3.63, 3.8) is 0 Å². The fraction of sp³-hybridized carbons (Fsp3) is 0.588. The second-order valence-corrected chi connectivity index (χ2v) is 10.6. The quantitative estimate of drug-likeness (QED) is 0.705. The number of sulfonamides is 1. The van der Waals surface area contributed by atoms with Gasteiger partial charge in [-0.25, -0.2) is 8.42 Å². The third-order valence-corrected chi connectivity index (χ3v) is 8.53. The van der Waals surface area contributed by atoms with Crippen LogP contribution < -0.4 is 4.90 Å². The molecule has 1 aliphatic carbocycles. The zero-order valence-corrected chi connectivity index (χ0v) is 16.7. The standard InChI is InChI=1S/C17H20Cl2N2O4S/c1-16(11-17(16,18)19)15(22)21-5-4-12-10-13(2-3-14(12)21)26(23,24)20-6-8-25-9-7-20/h2-3,10H,4-9,11H2,1H3. The van der Waals surface area contributed by atoms with E-state index in [1.54, 1.807) is 30.0 Å². The summed E-state index contributed by atoms with van der Waals surface area (Å²) in [5.74, 6) is -0.106. The van der Waals surface area contributed by atoms with Crippen LogP contribution in [0.1, 0.15) is 18.9 Å². The van der Waals surface area contributed by atoms with Crippen molar-refractivity contribution >= 4 is 44.8 Å². The van der Waals surface area contributed by atoms with Crippen molar-refractivity contribution in [1.29, 1.82) is 0 Å². The van der Waals surface area contributed by atoms with Gasteiger partial charge >= 0.3 is 0 Å². The van der Waals surface area contributed by atoms with Crippen molar-refractivity contribution in [2.75, 3.05) is 37.7 Å². The first kappa shape index (κ1) is 18.5. The van der Waals surface area contributed by atoms with Crippen LogP contribution in [0.25, 0.3) is 0 Å². The van der Waals surface area contributed by atoms with Gasteiger partial charge in [-0.05, 0) is 43.5 Å². The number of nitrogens with zero attached hydrogens (tertiary/aromatic N) is 2. The molecule has 2 fully saturated rings. The maximum Gasteiger partial charge on any atom is 0.243 e. The molecule has 0 spiro atoms. The summed E-state index contributed by atoms with van der Waals surface area (Å²) in [6.45, 7) is 3.80. The zero-order valence-electron chi connectivity index (χ0n) is 14.4. The van der Waals surface area contributed by atoms with Gasteiger partial charge in [0.25, 0.3) is 0 Å². The number of amides is 1. The minimum Gasteiger partial charge on any atom is -0.379 e. The topological polar surface area (TPSA) is 66.9 Å². The highest BCUT2D eigenvalue weighted by Crippen LogP contribution is 2.64. The van der Waals surface area contributed by atoms with Crippen LogP contribution in [0.4, 0.5) is 5.69 Å². The molecule has 142 valence electrons. The number of halogens is 2. The highest BCUT2D eigenvalue weighted by atomic mass is 35.5. The Labute approximate surface area is 163 Å². The summed E-state index contributed by atoms with van der Waals surface area (Å²) in [6.07, 6.45) is 1.04. The largest absolute Gasteiger partial charge is 0.379 e. The Morgan fingerprint density at radius 2 is 1.85 bits per heavy atom. The van der Waals surface area contributed by atoms with Gasteiger partial charge in [0.2, 0.25) is 15.9 Å². The molecule has 26 heavy (non-hydrogen) atoms. The van der Waals surface area contributed by atoms with Crippen LogP contribution in [0.5, 0.6) is 0 Å². The molecular weight excluding hydrogens is 399 g/mol. The molecule has 2 aliphatic heterocycles. The molecule has 6 nitrogen and oxygen atoms in total. The fourth-order valence-electron chi connectivity index (χ4n) is 3.62. The smallest absolute Gasteiger partial charge is 0.243 e. The highest BCUT2D eigenvalue weighted by Gasteiger charge is 2.69. The minimum atomic E-state index is -3.55. The van der Waals surface area contributed by atoms with E-state index < -0.39 is 19.8 Å². The highest BCUT2D eigenvalue weighted by molar-refractivity contribution is 7.89. The molecule has 1 saturated heterocycles. The van der Waals surface area contributed by atoms with Crippen molar-refractivity contribution in [2.45, 2.75) is 29.0 Å². The molecule has 0 N–H and O–H groups in total. The Morgan fingerprint density at radius 1 is 1.19 bits per heavy atom. The number of carbonyl (C=O) groups is 1. The molecule has 1 aromatic carbocycles. The summed E-state index contributed by atoms with van der Waals surface area (Å²) in [7, 11) is -3.55. The number of anilines is 1. The molecule has 0 aromatic heterocycles. The van der Waals surface area contributed by atoms with E-state index in [2.05, 4.69) is 0 Å². The number of morpholine rings is 1. The second kappa shape index (κ2) is 6.07. The lowest BCUT2D eigenvalue weighted by Crippen LogP contribution is -2.40. The third-order valence-electron chi connectivity index (χ3n) is 5.53. The molecule has 1 aromatic rings. The normalized spacial score (nSPS) is 28.0. The number of hydrogen-bond acceptors (Lipinski definition) is 4. The second-order valence-electron chi connectivity index (χ2n) is 7.23.